The first-order chi connectivity index (χ1) is 9.03. The van der Waals surface area contributed by atoms with E-state index in [1.54, 1.807) is 30.9 Å². The standard InChI is InChI=1S/C11H15N5O2S/c1-12-6-10-3-11(7-16(10)2)19(17,18)15-9-4-13-8-14-5-9/h3-5,7-8,12,15H,6H2,1-2H3. The van der Waals surface area contributed by atoms with E-state index in [0.29, 0.717) is 12.2 Å². The Morgan fingerprint density at radius 2 is 2.00 bits per heavy atom. The number of aromatic nitrogens is 3. The summed E-state index contributed by atoms with van der Waals surface area (Å²) in [5.41, 5.74) is 1.22. The van der Waals surface area contributed by atoms with Crippen LogP contribution in [0.4, 0.5) is 5.69 Å². The van der Waals surface area contributed by atoms with E-state index in [0.717, 1.165) is 5.69 Å². The fraction of sp³-hybridized carbons (Fsp3) is 0.273. The van der Waals surface area contributed by atoms with Crippen LogP contribution in [0.2, 0.25) is 0 Å². The number of nitrogens with one attached hydrogen (secondary N) is 2. The molecule has 2 rings (SSSR count). The average molecular weight is 281 g/mol. The molecule has 2 aromatic rings. The van der Waals surface area contributed by atoms with Crippen LogP contribution in [0.5, 0.6) is 0 Å². The molecule has 0 spiro atoms. The zero-order chi connectivity index (χ0) is 13.9. The van der Waals surface area contributed by atoms with Crippen molar-refractivity contribution in [3.8, 4) is 0 Å². The Morgan fingerprint density at radius 3 is 2.63 bits per heavy atom. The van der Waals surface area contributed by atoms with Crippen LogP contribution in [0.25, 0.3) is 0 Å². The van der Waals surface area contributed by atoms with E-state index < -0.39 is 10.0 Å². The maximum Gasteiger partial charge on any atom is 0.263 e. The fourth-order valence-corrected chi connectivity index (χ4v) is 2.77. The number of anilines is 1. The molecule has 7 nitrogen and oxygen atoms in total. The second kappa shape index (κ2) is 5.37. The van der Waals surface area contributed by atoms with Gasteiger partial charge in [-0.2, -0.15) is 0 Å². The lowest BCUT2D eigenvalue weighted by Gasteiger charge is -2.04. The van der Waals surface area contributed by atoms with Gasteiger partial charge >= 0.3 is 0 Å². The molecular formula is C11H15N5O2S. The predicted molar refractivity (Wildman–Crippen MR) is 71.0 cm³/mol. The van der Waals surface area contributed by atoms with Gasteiger partial charge in [-0.05, 0) is 13.1 Å². The molecule has 0 saturated carbocycles. The van der Waals surface area contributed by atoms with E-state index in [1.807, 2.05) is 0 Å². The Balaban J connectivity index is 2.27. The van der Waals surface area contributed by atoms with Gasteiger partial charge in [0, 0.05) is 25.5 Å². The highest BCUT2D eigenvalue weighted by molar-refractivity contribution is 7.92. The topological polar surface area (TPSA) is 88.9 Å². The van der Waals surface area contributed by atoms with Gasteiger partial charge in [-0.15, -0.1) is 0 Å². The molecule has 8 heteroatoms. The minimum absolute atomic E-state index is 0.212. The molecule has 0 aliphatic rings. The first-order valence-electron chi connectivity index (χ1n) is 5.60. The number of hydrogen-bond donors (Lipinski definition) is 2. The molecule has 0 amide bonds. The van der Waals surface area contributed by atoms with Gasteiger partial charge in [0.05, 0.1) is 18.1 Å². The molecule has 2 aromatic heterocycles. The molecule has 0 aromatic carbocycles. The average Bonchev–Trinajstić information content (AvgIpc) is 2.73. The summed E-state index contributed by atoms with van der Waals surface area (Å²) in [7, 11) is -0.00274. The Labute approximate surface area is 111 Å². The van der Waals surface area contributed by atoms with Crippen molar-refractivity contribution in [1.82, 2.24) is 19.9 Å². The molecule has 2 N–H and O–H groups in total. The van der Waals surface area contributed by atoms with Gasteiger partial charge in [-0.3, -0.25) is 4.72 Å². The minimum Gasteiger partial charge on any atom is -0.352 e. The molecular weight excluding hydrogens is 266 g/mol. The lowest BCUT2D eigenvalue weighted by molar-refractivity contribution is 0.601. The summed E-state index contributed by atoms with van der Waals surface area (Å²) in [4.78, 5) is 7.74. The molecule has 0 saturated heterocycles. The molecule has 0 bridgehead atoms. The lowest BCUT2D eigenvalue weighted by atomic mass is 10.4. The van der Waals surface area contributed by atoms with Crippen LogP contribution in [-0.4, -0.2) is 30.0 Å². The van der Waals surface area contributed by atoms with Crippen molar-refractivity contribution >= 4 is 15.7 Å². The van der Waals surface area contributed by atoms with Crippen LogP contribution < -0.4 is 10.0 Å². The third kappa shape index (κ3) is 3.09. The maximum atomic E-state index is 12.2. The molecule has 0 unspecified atom stereocenters. The van der Waals surface area contributed by atoms with E-state index in [-0.39, 0.29) is 4.90 Å². The number of hydrogen-bond acceptors (Lipinski definition) is 5. The second-order valence-electron chi connectivity index (χ2n) is 4.04. The Morgan fingerprint density at radius 1 is 1.32 bits per heavy atom. The van der Waals surface area contributed by atoms with Crippen molar-refractivity contribution in [2.75, 3.05) is 11.8 Å². The van der Waals surface area contributed by atoms with Gasteiger partial charge in [0.15, 0.2) is 0 Å². The quantitative estimate of drug-likeness (QED) is 0.824. The van der Waals surface area contributed by atoms with Gasteiger partial charge in [0.25, 0.3) is 10.0 Å². The summed E-state index contributed by atoms with van der Waals surface area (Å²) in [6, 6.07) is 1.63. The predicted octanol–water partition coefficient (Wildman–Crippen LogP) is 0.335. The molecule has 2 heterocycles. The van der Waals surface area contributed by atoms with Crippen molar-refractivity contribution in [1.29, 1.82) is 0 Å². The molecule has 0 aliphatic heterocycles. The monoisotopic (exact) mass is 281 g/mol. The van der Waals surface area contributed by atoms with Gasteiger partial charge in [0.1, 0.15) is 11.2 Å². The molecule has 0 aliphatic carbocycles. The van der Waals surface area contributed by atoms with Gasteiger partial charge < -0.3 is 9.88 Å². The first-order valence-corrected chi connectivity index (χ1v) is 7.09. The third-order valence-corrected chi connectivity index (χ3v) is 3.91. The zero-order valence-electron chi connectivity index (χ0n) is 10.7. The van der Waals surface area contributed by atoms with Gasteiger partial charge in [-0.25, -0.2) is 18.4 Å². The smallest absolute Gasteiger partial charge is 0.263 e. The summed E-state index contributed by atoms with van der Waals surface area (Å²) >= 11 is 0. The van der Waals surface area contributed by atoms with Crippen LogP contribution >= 0.6 is 0 Å². The van der Waals surface area contributed by atoms with Crippen molar-refractivity contribution in [2.24, 2.45) is 7.05 Å². The largest absolute Gasteiger partial charge is 0.352 e. The van der Waals surface area contributed by atoms with Crippen molar-refractivity contribution in [3.63, 3.8) is 0 Å². The van der Waals surface area contributed by atoms with E-state index in [4.69, 9.17) is 0 Å². The Bertz CT molecular complexity index is 651. The van der Waals surface area contributed by atoms with Crippen LogP contribution in [-0.2, 0) is 23.6 Å². The highest BCUT2D eigenvalue weighted by atomic mass is 32.2. The Kier molecular flexibility index (Phi) is 3.82. The summed E-state index contributed by atoms with van der Waals surface area (Å²) in [6.45, 7) is 0.598. The normalized spacial score (nSPS) is 11.5. The maximum absolute atomic E-state index is 12.2. The summed E-state index contributed by atoms with van der Waals surface area (Å²) in [5, 5.41) is 2.98. The van der Waals surface area contributed by atoms with Crippen LogP contribution in [0.3, 0.4) is 0 Å². The summed E-state index contributed by atoms with van der Waals surface area (Å²) < 4.78 is 28.5. The second-order valence-corrected chi connectivity index (χ2v) is 5.72. The zero-order valence-corrected chi connectivity index (χ0v) is 11.5. The number of sulfonamides is 1. The summed E-state index contributed by atoms with van der Waals surface area (Å²) in [5.74, 6) is 0. The van der Waals surface area contributed by atoms with E-state index in [1.165, 1.54) is 18.7 Å². The molecule has 0 atom stereocenters. The molecule has 0 fully saturated rings. The van der Waals surface area contributed by atoms with Gasteiger partial charge in [-0.1, -0.05) is 0 Å². The third-order valence-electron chi connectivity index (χ3n) is 2.56. The van der Waals surface area contributed by atoms with Crippen LogP contribution in [0.1, 0.15) is 5.69 Å². The van der Waals surface area contributed by atoms with Crippen LogP contribution in [0.15, 0.2) is 35.9 Å². The van der Waals surface area contributed by atoms with Crippen molar-refractivity contribution < 1.29 is 8.42 Å². The van der Waals surface area contributed by atoms with E-state index in [2.05, 4.69) is 20.0 Å². The Hall–Kier alpha value is -1.93. The molecule has 102 valence electrons. The lowest BCUT2D eigenvalue weighted by Crippen LogP contribution is -2.12. The van der Waals surface area contributed by atoms with Gasteiger partial charge in [0.2, 0.25) is 0 Å². The summed E-state index contributed by atoms with van der Waals surface area (Å²) in [6.07, 6.45) is 5.72. The van der Waals surface area contributed by atoms with E-state index >= 15 is 0 Å². The van der Waals surface area contributed by atoms with Crippen molar-refractivity contribution in [3.05, 3.63) is 36.7 Å². The minimum atomic E-state index is -3.61. The van der Waals surface area contributed by atoms with Crippen LogP contribution in [0, 0.1) is 0 Å². The first kappa shape index (κ1) is 13.5. The SMILES string of the molecule is CNCc1cc(S(=O)(=O)Nc2cncnc2)cn1C. The number of rotatable bonds is 5. The number of aryl methyl sites for hydroxylation is 1. The van der Waals surface area contributed by atoms with Crippen molar-refractivity contribution in [2.45, 2.75) is 11.4 Å². The van der Waals surface area contributed by atoms with E-state index in [9.17, 15) is 8.42 Å². The fourth-order valence-electron chi connectivity index (χ4n) is 1.65. The highest BCUT2D eigenvalue weighted by Crippen LogP contribution is 2.17. The highest BCUT2D eigenvalue weighted by Gasteiger charge is 2.17. The molecule has 0 radical (unpaired) electrons. The number of nitrogens with zero attached hydrogens (tertiary/aromatic N) is 3. The molecule has 19 heavy (non-hydrogen) atoms.